The number of carbonyl (C=O) groups is 1. The number of nitrogens with one attached hydrogen (secondary N) is 1. The number of nitro benzene ring substituents is 1. The zero-order valence-corrected chi connectivity index (χ0v) is 23.8. The Morgan fingerprint density at radius 2 is 1.67 bits per heavy atom. The van der Waals surface area contributed by atoms with Crippen LogP contribution in [0.25, 0.3) is 0 Å². The zero-order valence-electron chi connectivity index (χ0n) is 21.4. The van der Waals surface area contributed by atoms with Crippen LogP contribution < -0.4 is 14.4 Å². The lowest BCUT2D eigenvalue weighted by Crippen LogP contribution is -2.41. The Labute approximate surface area is 231 Å². The highest BCUT2D eigenvalue weighted by atomic mass is 35.5. The van der Waals surface area contributed by atoms with Crippen molar-refractivity contribution >= 4 is 48.7 Å². The van der Waals surface area contributed by atoms with Gasteiger partial charge < -0.3 is 10.1 Å². The number of anilines is 1. The number of halogens is 1. The van der Waals surface area contributed by atoms with E-state index < -0.39 is 53.9 Å². The molecular weight excluding hydrogens is 570 g/mol. The van der Waals surface area contributed by atoms with Gasteiger partial charge in [0.25, 0.3) is 15.7 Å². The van der Waals surface area contributed by atoms with Gasteiger partial charge in [0.05, 0.1) is 33.6 Å². The number of methoxy groups -OCH3 is 1. The lowest BCUT2D eigenvalue weighted by Gasteiger charge is -2.26. The molecule has 0 aliphatic heterocycles. The summed E-state index contributed by atoms with van der Waals surface area (Å²) in [4.78, 5) is 23.6. The van der Waals surface area contributed by atoms with Crippen molar-refractivity contribution in [3.8, 4) is 5.75 Å². The maximum absolute atomic E-state index is 13.8. The number of benzene rings is 3. The summed E-state index contributed by atoms with van der Waals surface area (Å²) in [5.41, 5.74) is 0.400. The van der Waals surface area contributed by atoms with Crippen LogP contribution in [0.15, 0.2) is 70.5 Å². The Morgan fingerprint density at radius 1 is 1.05 bits per heavy atom. The molecular formula is C25H26ClN3O8S2. The third-order valence-corrected chi connectivity index (χ3v) is 8.97. The molecule has 0 aliphatic rings. The Hall–Kier alpha value is -3.68. The molecule has 14 heteroatoms. The van der Waals surface area contributed by atoms with Crippen molar-refractivity contribution in [2.75, 3.05) is 24.2 Å². The number of hydrogen-bond donors (Lipinski definition) is 1. The van der Waals surface area contributed by atoms with Crippen LogP contribution in [-0.4, -0.2) is 47.6 Å². The average Bonchev–Trinajstić information content (AvgIpc) is 2.86. The summed E-state index contributed by atoms with van der Waals surface area (Å²) in [6.45, 7) is 2.41. The lowest BCUT2D eigenvalue weighted by molar-refractivity contribution is -0.385. The molecule has 0 fully saturated rings. The standard InChI is InChI=1S/C25H26ClN3O8S2/c1-16-5-9-21(14-22(16)29(31)32)39(35,36)28(23-13-19(26)8-12-24(23)37-3)15-25(30)27-17(2)18-6-10-20(11-7-18)38(4,33)34/h5-14,17H,15H2,1-4H3,(H,27,30). The highest BCUT2D eigenvalue weighted by Gasteiger charge is 2.31. The van der Waals surface area contributed by atoms with Gasteiger partial charge in [-0.05, 0) is 55.8 Å². The molecule has 0 bridgehead atoms. The van der Waals surface area contributed by atoms with Crippen LogP contribution in [-0.2, 0) is 24.7 Å². The van der Waals surface area contributed by atoms with Gasteiger partial charge in [0.1, 0.15) is 12.3 Å². The van der Waals surface area contributed by atoms with E-state index in [-0.39, 0.29) is 26.9 Å². The van der Waals surface area contributed by atoms with Crippen LogP contribution in [0.3, 0.4) is 0 Å². The summed E-state index contributed by atoms with van der Waals surface area (Å²) < 4.78 is 57.1. The predicted octanol–water partition coefficient (Wildman–Crippen LogP) is 4.04. The summed E-state index contributed by atoms with van der Waals surface area (Å²) in [5.74, 6) is -0.608. The quantitative estimate of drug-likeness (QED) is 0.272. The maximum atomic E-state index is 13.8. The smallest absolute Gasteiger partial charge is 0.273 e. The van der Waals surface area contributed by atoms with Gasteiger partial charge in [0.2, 0.25) is 5.91 Å². The third-order valence-electron chi connectivity index (χ3n) is 5.85. The van der Waals surface area contributed by atoms with Crippen molar-refractivity contribution in [3.63, 3.8) is 0 Å². The number of nitro groups is 1. The molecule has 0 saturated heterocycles. The summed E-state index contributed by atoms with van der Waals surface area (Å²) >= 11 is 6.14. The molecule has 1 unspecified atom stereocenters. The molecule has 3 aromatic rings. The van der Waals surface area contributed by atoms with Crippen molar-refractivity contribution < 1.29 is 31.3 Å². The van der Waals surface area contributed by atoms with E-state index in [4.69, 9.17) is 16.3 Å². The van der Waals surface area contributed by atoms with Crippen LogP contribution >= 0.6 is 11.6 Å². The van der Waals surface area contributed by atoms with Crippen LogP contribution in [0.2, 0.25) is 5.02 Å². The molecule has 1 N–H and O–H groups in total. The molecule has 11 nitrogen and oxygen atoms in total. The summed E-state index contributed by atoms with van der Waals surface area (Å²) in [6, 6.07) is 13.0. The number of hydrogen-bond acceptors (Lipinski definition) is 8. The largest absolute Gasteiger partial charge is 0.495 e. The molecule has 3 rings (SSSR count). The molecule has 0 aromatic heterocycles. The normalized spacial score (nSPS) is 12.4. The minimum Gasteiger partial charge on any atom is -0.495 e. The first-order chi connectivity index (χ1) is 18.1. The monoisotopic (exact) mass is 595 g/mol. The minimum atomic E-state index is -4.53. The number of nitrogens with zero attached hydrogens (tertiary/aromatic N) is 2. The van der Waals surface area contributed by atoms with E-state index in [1.54, 1.807) is 19.1 Å². The molecule has 0 aliphatic carbocycles. The molecule has 0 radical (unpaired) electrons. The number of carbonyl (C=O) groups excluding carboxylic acids is 1. The first kappa shape index (κ1) is 29.9. The average molecular weight is 596 g/mol. The van der Waals surface area contributed by atoms with Crippen molar-refractivity contribution in [2.24, 2.45) is 0 Å². The molecule has 0 saturated carbocycles. The molecule has 1 atom stereocenters. The van der Waals surface area contributed by atoms with Gasteiger partial charge >= 0.3 is 0 Å². The molecule has 208 valence electrons. The first-order valence-electron chi connectivity index (χ1n) is 11.4. The fourth-order valence-electron chi connectivity index (χ4n) is 3.74. The molecule has 3 aromatic carbocycles. The fourth-order valence-corrected chi connectivity index (χ4v) is 5.98. The van der Waals surface area contributed by atoms with Crippen LogP contribution in [0.4, 0.5) is 11.4 Å². The van der Waals surface area contributed by atoms with Crippen molar-refractivity contribution in [1.29, 1.82) is 0 Å². The number of amides is 1. The SMILES string of the molecule is COc1ccc(Cl)cc1N(CC(=O)NC(C)c1ccc(S(C)(=O)=O)cc1)S(=O)(=O)c1ccc(C)c([N+](=O)[O-])c1. The Balaban J connectivity index is 2.00. The van der Waals surface area contributed by atoms with Gasteiger partial charge in [0.15, 0.2) is 9.84 Å². The van der Waals surface area contributed by atoms with E-state index in [9.17, 15) is 31.7 Å². The second kappa shape index (κ2) is 11.6. The molecule has 0 spiro atoms. The maximum Gasteiger partial charge on any atom is 0.273 e. The van der Waals surface area contributed by atoms with E-state index in [0.29, 0.717) is 5.56 Å². The van der Waals surface area contributed by atoms with E-state index >= 15 is 0 Å². The van der Waals surface area contributed by atoms with Gasteiger partial charge in [-0.2, -0.15) is 0 Å². The van der Waals surface area contributed by atoms with Crippen molar-refractivity contribution in [2.45, 2.75) is 29.7 Å². The van der Waals surface area contributed by atoms with Gasteiger partial charge in [-0.3, -0.25) is 19.2 Å². The van der Waals surface area contributed by atoms with Crippen LogP contribution in [0, 0.1) is 17.0 Å². The predicted molar refractivity (Wildman–Crippen MR) is 146 cm³/mol. The zero-order chi connectivity index (χ0) is 29.1. The Kier molecular flexibility index (Phi) is 8.88. The number of ether oxygens (including phenoxy) is 1. The van der Waals surface area contributed by atoms with E-state index in [1.807, 2.05) is 0 Å². The fraction of sp³-hybridized carbons (Fsp3) is 0.240. The third kappa shape index (κ3) is 6.85. The lowest BCUT2D eigenvalue weighted by atomic mass is 10.1. The molecule has 0 heterocycles. The van der Waals surface area contributed by atoms with Crippen molar-refractivity contribution in [1.82, 2.24) is 5.32 Å². The minimum absolute atomic E-state index is 0.0477. The number of sulfone groups is 1. The number of sulfonamides is 1. The van der Waals surface area contributed by atoms with Gasteiger partial charge in [-0.25, -0.2) is 16.8 Å². The van der Waals surface area contributed by atoms with Crippen LogP contribution in [0.5, 0.6) is 5.75 Å². The highest BCUT2D eigenvalue weighted by Crippen LogP contribution is 2.35. The summed E-state index contributed by atoms with van der Waals surface area (Å²) in [7, 11) is -6.62. The van der Waals surface area contributed by atoms with E-state index in [1.165, 1.54) is 56.5 Å². The topological polar surface area (TPSA) is 153 Å². The molecule has 39 heavy (non-hydrogen) atoms. The summed E-state index contributed by atoms with van der Waals surface area (Å²) in [6.07, 6.45) is 1.08. The number of rotatable bonds is 10. The second-order valence-corrected chi connectivity index (χ2v) is 13.0. The van der Waals surface area contributed by atoms with Gasteiger partial charge in [0, 0.05) is 22.9 Å². The van der Waals surface area contributed by atoms with Gasteiger partial charge in [-0.15, -0.1) is 0 Å². The van der Waals surface area contributed by atoms with Gasteiger partial charge in [-0.1, -0.05) is 29.8 Å². The Bertz CT molecular complexity index is 1630. The summed E-state index contributed by atoms with van der Waals surface area (Å²) in [5, 5.41) is 14.3. The Morgan fingerprint density at radius 3 is 2.23 bits per heavy atom. The van der Waals surface area contributed by atoms with Crippen molar-refractivity contribution in [3.05, 3.63) is 86.9 Å². The first-order valence-corrected chi connectivity index (χ1v) is 15.1. The second-order valence-electron chi connectivity index (χ2n) is 8.66. The van der Waals surface area contributed by atoms with E-state index in [0.717, 1.165) is 16.6 Å². The van der Waals surface area contributed by atoms with Crippen LogP contribution in [0.1, 0.15) is 24.1 Å². The number of aryl methyl sites for hydroxylation is 1. The molecule has 1 amide bonds. The highest BCUT2D eigenvalue weighted by molar-refractivity contribution is 7.93. The van der Waals surface area contributed by atoms with E-state index in [2.05, 4.69) is 5.32 Å².